The molecule has 0 aromatic heterocycles. The molecule has 0 spiro atoms. The van der Waals surface area contributed by atoms with Gasteiger partial charge in [0.05, 0.1) is 5.92 Å². The number of carbonyl (C=O) groups is 1. The minimum Gasteiger partial charge on any atom is -0.481 e. The van der Waals surface area contributed by atoms with E-state index >= 15 is 0 Å². The summed E-state index contributed by atoms with van der Waals surface area (Å²) < 4.78 is 0. The molecule has 0 aromatic rings. The van der Waals surface area contributed by atoms with Crippen LogP contribution in [0.25, 0.3) is 0 Å². The molecule has 1 atom stereocenters. The Hall–Kier alpha value is -0.570. The van der Waals surface area contributed by atoms with E-state index in [1.54, 1.807) is 0 Å². The van der Waals surface area contributed by atoms with E-state index in [0.29, 0.717) is 6.04 Å². The van der Waals surface area contributed by atoms with E-state index in [1.807, 2.05) is 0 Å². The monoisotopic (exact) mass is 197 g/mol. The van der Waals surface area contributed by atoms with Crippen LogP contribution in [0.3, 0.4) is 0 Å². The van der Waals surface area contributed by atoms with E-state index in [0.717, 1.165) is 19.5 Å². The maximum absolute atomic E-state index is 10.8. The lowest BCUT2D eigenvalue weighted by molar-refractivity contribution is -0.141. The molecule has 2 rings (SSSR count). The fraction of sp³-hybridized carbons (Fsp3) is 0.909. The second-order valence-corrected chi connectivity index (χ2v) is 4.61. The Labute approximate surface area is 85.1 Å². The smallest absolute Gasteiger partial charge is 0.307 e. The highest BCUT2D eigenvalue weighted by molar-refractivity contribution is 5.70. The van der Waals surface area contributed by atoms with Gasteiger partial charge < -0.3 is 5.11 Å². The van der Waals surface area contributed by atoms with E-state index in [4.69, 9.17) is 5.11 Å². The fourth-order valence-electron chi connectivity index (χ4n) is 2.77. The second-order valence-electron chi connectivity index (χ2n) is 4.61. The van der Waals surface area contributed by atoms with E-state index < -0.39 is 5.97 Å². The zero-order chi connectivity index (χ0) is 9.97. The maximum Gasteiger partial charge on any atom is 0.307 e. The lowest BCUT2D eigenvalue weighted by Gasteiger charge is -2.30. The van der Waals surface area contributed by atoms with Crippen LogP contribution in [0.2, 0.25) is 0 Å². The van der Waals surface area contributed by atoms with Crippen LogP contribution < -0.4 is 0 Å². The lowest BCUT2D eigenvalue weighted by atomic mass is 9.94. The number of aliphatic carboxylic acids is 1. The van der Waals surface area contributed by atoms with Gasteiger partial charge in [-0.2, -0.15) is 0 Å². The average molecular weight is 197 g/mol. The molecule has 0 aromatic carbocycles. The molecular weight excluding hydrogens is 178 g/mol. The predicted octanol–water partition coefficient (Wildman–Crippen LogP) is 1.73. The summed E-state index contributed by atoms with van der Waals surface area (Å²) in [6.07, 6.45) is 7.45. The Morgan fingerprint density at radius 3 is 2.43 bits per heavy atom. The Morgan fingerprint density at radius 1 is 1.14 bits per heavy atom. The molecule has 2 aliphatic rings. The third-order valence-electron chi connectivity index (χ3n) is 3.66. The third kappa shape index (κ3) is 2.08. The highest BCUT2D eigenvalue weighted by atomic mass is 16.4. The molecule has 1 N–H and O–H groups in total. The molecule has 1 saturated carbocycles. The van der Waals surface area contributed by atoms with Crippen molar-refractivity contribution in [1.29, 1.82) is 0 Å². The number of carboxylic acid groups (broad SMARTS) is 1. The molecule has 80 valence electrons. The van der Waals surface area contributed by atoms with Crippen molar-refractivity contribution in [2.24, 2.45) is 5.92 Å². The van der Waals surface area contributed by atoms with Crippen molar-refractivity contribution >= 4 is 5.97 Å². The molecule has 0 amide bonds. The largest absolute Gasteiger partial charge is 0.481 e. The average Bonchev–Trinajstić information content (AvgIpc) is 2.68. The zero-order valence-corrected chi connectivity index (χ0v) is 8.61. The first-order valence-corrected chi connectivity index (χ1v) is 5.74. The van der Waals surface area contributed by atoms with Gasteiger partial charge in [-0.05, 0) is 25.8 Å². The van der Waals surface area contributed by atoms with Gasteiger partial charge in [-0.15, -0.1) is 0 Å². The van der Waals surface area contributed by atoms with Crippen molar-refractivity contribution in [3.8, 4) is 0 Å². The van der Waals surface area contributed by atoms with Crippen molar-refractivity contribution in [1.82, 2.24) is 4.90 Å². The van der Waals surface area contributed by atoms with Gasteiger partial charge in [0.1, 0.15) is 0 Å². The third-order valence-corrected chi connectivity index (χ3v) is 3.66. The zero-order valence-electron chi connectivity index (χ0n) is 8.61. The summed E-state index contributed by atoms with van der Waals surface area (Å²) >= 11 is 0. The van der Waals surface area contributed by atoms with E-state index in [2.05, 4.69) is 4.90 Å². The van der Waals surface area contributed by atoms with Gasteiger partial charge in [-0.25, -0.2) is 0 Å². The standard InChI is InChI=1S/C11H19NO2/c13-11(14)9-6-7-12(8-9)10-4-2-1-3-5-10/h9-10H,1-8H2,(H,13,14). The quantitative estimate of drug-likeness (QED) is 0.733. The molecule has 1 heterocycles. The van der Waals surface area contributed by atoms with Gasteiger partial charge in [-0.3, -0.25) is 9.69 Å². The maximum atomic E-state index is 10.8. The van der Waals surface area contributed by atoms with E-state index in [-0.39, 0.29) is 5.92 Å². The van der Waals surface area contributed by atoms with Crippen molar-refractivity contribution < 1.29 is 9.90 Å². The summed E-state index contributed by atoms with van der Waals surface area (Å²) in [4.78, 5) is 13.2. The van der Waals surface area contributed by atoms with Gasteiger partial charge in [0, 0.05) is 12.6 Å². The first-order valence-electron chi connectivity index (χ1n) is 5.74. The van der Waals surface area contributed by atoms with Crippen molar-refractivity contribution in [2.45, 2.75) is 44.6 Å². The number of rotatable bonds is 2. The molecule has 1 aliphatic heterocycles. The van der Waals surface area contributed by atoms with Crippen LogP contribution in [0.5, 0.6) is 0 Å². The second kappa shape index (κ2) is 4.30. The molecular formula is C11H19NO2. The van der Waals surface area contributed by atoms with Crippen molar-refractivity contribution in [3.63, 3.8) is 0 Å². The fourth-order valence-corrected chi connectivity index (χ4v) is 2.77. The number of nitrogens with zero attached hydrogens (tertiary/aromatic N) is 1. The normalized spacial score (nSPS) is 30.7. The molecule has 2 fully saturated rings. The Bertz CT molecular complexity index is 211. The predicted molar refractivity (Wildman–Crippen MR) is 54.2 cm³/mol. The topological polar surface area (TPSA) is 40.5 Å². The minimum atomic E-state index is -0.608. The van der Waals surface area contributed by atoms with Crippen LogP contribution in [0.4, 0.5) is 0 Å². The molecule has 0 radical (unpaired) electrons. The van der Waals surface area contributed by atoms with Crippen LogP contribution in [0, 0.1) is 5.92 Å². The Kier molecular flexibility index (Phi) is 3.06. The lowest BCUT2D eigenvalue weighted by Crippen LogP contribution is -2.35. The first-order chi connectivity index (χ1) is 6.77. The number of likely N-dealkylation sites (tertiary alicyclic amines) is 1. The van der Waals surface area contributed by atoms with Crippen molar-refractivity contribution in [3.05, 3.63) is 0 Å². The molecule has 0 bridgehead atoms. The summed E-state index contributed by atoms with van der Waals surface area (Å²) in [5.74, 6) is -0.708. The Morgan fingerprint density at radius 2 is 1.86 bits per heavy atom. The summed E-state index contributed by atoms with van der Waals surface area (Å²) in [5, 5.41) is 8.90. The highest BCUT2D eigenvalue weighted by Gasteiger charge is 2.32. The molecule has 3 heteroatoms. The van der Waals surface area contributed by atoms with Crippen LogP contribution in [-0.2, 0) is 4.79 Å². The van der Waals surface area contributed by atoms with Gasteiger partial charge in [-0.1, -0.05) is 19.3 Å². The molecule has 14 heavy (non-hydrogen) atoms. The Balaban J connectivity index is 1.85. The number of hydrogen-bond acceptors (Lipinski definition) is 2. The van der Waals surface area contributed by atoms with Gasteiger partial charge in [0.2, 0.25) is 0 Å². The van der Waals surface area contributed by atoms with E-state index in [1.165, 1.54) is 32.1 Å². The summed E-state index contributed by atoms with van der Waals surface area (Å²) in [6, 6.07) is 0.688. The number of carboxylic acids is 1. The summed E-state index contributed by atoms with van der Waals surface area (Å²) in [7, 11) is 0. The molecule has 1 aliphatic carbocycles. The minimum absolute atomic E-state index is 0.100. The highest BCUT2D eigenvalue weighted by Crippen LogP contribution is 2.27. The molecule has 1 saturated heterocycles. The summed E-state index contributed by atoms with van der Waals surface area (Å²) in [5.41, 5.74) is 0. The van der Waals surface area contributed by atoms with Crippen LogP contribution in [0.15, 0.2) is 0 Å². The van der Waals surface area contributed by atoms with Crippen LogP contribution in [0.1, 0.15) is 38.5 Å². The first kappa shape index (κ1) is 9.97. The van der Waals surface area contributed by atoms with Gasteiger partial charge in [0.15, 0.2) is 0 Å². The van der Waals surface area contributed by atoms with Gasteiger partial charge in [0.25, 0.3) is 0 Å². The summed E-state index contributed by atoms with van der Waals surface area (Å²) in [6.45, 7) is 1.79. The van der Waals surface area contributed by atoms with Gasteiger partial charge >= 0.3 is 5.97 Å². The molecule has 1 unspecified atom stereocenters. The van der Waals surface area contributed by atoms with Crippen LogP contribution >= 0.6 is 0 Å². The van der Waals surface area contributed by atoms with Crippen molar-refractivity contribution in [2.75, 3.05) is 13.1 Å². The molecule has 3 nitrogen and oxygen atoms in total. The van der Waals surface area contributed by atoms with E-state index in [9.17, 15) is 4.79 Å². The SMILES string of the molecule is O=C(O)C1CCN(C2CCCCC2)C1. The van der Waals surface area contributed by atoms with Crippen LogP contribution in [-0.4, -0.2) is 35.1 Å². The number of hydrogen-bond donors (Lipinski definition) is 1.